The van der Waals surface area contributed by atoms with E-state index in [0.717, 1.165) is 19.4 Å². The van der Waals surface area contributed by atoms with Crippen LogP contribution >= 0.6 is 0 Å². The van der Waals surface area contributed by atoms with E-state index in [1.54, 1.807) is 4.90 Å². The predicted molar refractivity (Wildman–Crippen MR) is 60.2 cm³/mol. The summed E-state index contributed by atoms with van der Waals surface area (Å²) in [6.45, 7) is 4.81. The lowest BCUT2D eigenvalue weighted by Gasteiger charge is -2.22. The van der Waals surface area contributed by atoms with Gasteiger partial charge in [-0.2, -0.15) is 0 Å². The zero-order valence-electron chi connectivity index (χ0n) is 9.90. The molecule has 16 heavy (non-hydrogen) atoms. The van der Waals surface area contributed by atoms with Gasteiger partial charge in [-0.15, -0.1) is 0 Å². The number of carboxylic acid groups (broad SMARTS) is 1. The molecule has 0 aliphatic carbocycles. The van der Waals surface area contributed by atoms with E-state index >= 15 is 0 Å². The Morgan fingerprint density at radius 3 is 2.69 bits per heavy atom. The molecule has 2 N–H and O–H groups in total. The number of likely N-dealkylation sites (tertiary alicyclic amines) is 1. The Kier molecular flexibility index (Phi) is 4.58. The molecule has 0 saturated carbocycles. The molecule has 1 saturated heterocycles. The van der Waals surface area contributed by atoms with Crippen LogP contribution in [0.15, 0.2) is 0 Å². The van der Waals surface area contributed by atoms with Gasteiger partial charge >= 0.3 is 12.0 Å². The highest BCUT2D eigenvalue weighted by atomic mass is 16.4. The fourth-order valence-corrected chi connectivity index (χ4v) is 1.95. The average molecular weight is 228 g/mol. The van der Waals surface area contributed by atoms with Crippen molar-refractivity contribution in [2.24, 2.45) is 5.92 Å². The number of hydrogen-bond donors (Lipinski definition) is 2. The van der Waals surface area contributed by atoms with Crippen molar-refractivity contribution in [3.63, 3.8) is 0 Å². The minimum atomic E-state index is -0.850. The summed E-state index contributed by atoms with van der Waals surface area (Å²) in [5.41, 5.74) is 0. The lowest BCUT2D eigenvalue weighted by molar-refractivity contribution is -0.141. The predicted octanol–water partition coefficient (Wildman–Crippen LogP) is 1.29. The highest BCUT2D eigenvalue weighted by Gasteiger charge is 2.25. The van der Waals surface area contributed by atoms with Gasteiger partial charge in [-0.25, -0.2) is 4.79 Å². The molecule has 5 nitrogen and oxygen atoms in total. The first-order valence-corrected chi connectivity index (χ1v) is 5.83. The smallest absolute Gasteiger partial charge is 0.317 e. The second kappa shape index (κ2) is 5.72. The minimum absolute atomic E-state index is 0.135. The largest absolute Gasteiger partial charge is 0.481 e. The lowest BCUT2D eigenvalue weighted by atomic mass is 10.1. The quantitative estimate of drug-likeness (QED) is 0.761. The van der Waals surface area contributed by atoms with Crippen LogP contribution in [0, 0.1) is 5.92 Å². The first-order valence-electron chi connectivity index (χ1n) is 5.83. The molecule has 0 aromatic heterocycles. The van der Waals surface area contributed by atoms with Gasteiger partial charge in [-0.1, -0.05) is 6.92 Å². The van der Waals surface area contributed by atoms with E-state index in [1.165, 1.54) is 0 Å². The Hall–Kier alpha value is -1.26. The van der Waals surface area contributed by atoms with Crippen LogP contribution in [0.2, 0.25) is 0 Å². The van der Waals surface area contributed by atoms with Gasteiger partial charge < -0.3 is 15.3 Å². The number of hydrogen-bond acceptors (Lipinski definition) is 2. The van der Waals surface area contributed by atoms with Crippen LogP contribution in [0.4, 0.5) is 4.79 Å². The molecule has 1 heterocycles. The molecule has 0 aromatic rings. The van der Waals surface area contributed by atoms with Gasteiger partial charge in [0, 0.05) is 19.1 Å². The molecule has 1 fully saturated rings. The molecular weight excluding hydrogens is 208 g/mol. The first-order chi connectivity index (χ1) is 7.56. The van der Waals surface area contributed by atoms with Crippen LogP contribution in [0.5, 0.6) is 0 Å². The van der Waals surface area contributed by atoms with Crippen molar-refractivity contribution in [2.45, 2.75) is 39.2 Å². The molecule has 2 amide bonds. The van der Waals surface area contributed by atoms with E-state index in [2.05, 4.69) is 5.32 Å². The summed E-state index contributed by atoms with van der Waals surface area (Å²) >= 11 is 0. The Labute approximate surface area is 95.8 Å². The van der Waals surface area contributed by atoms with Crippen LogP contribution in [0.25, 0.3) is 0 Å². The molecule has 1 aliphatic heterocycles. The van der Waals surface area contributed by atoms with E-state index in [4.69, 9.17) is 5.11 Å². The number of nitrogens with zero attached hydrogens (tertiary/aromatic N) is 1. The minimum Gasteiger partial charge on any atom is -0.481 e. The van der Waals surface area contributed by atoms with Crippen LogP contribution in [0.3, 0.4) is 0 Å². The Morgan fingerprint density at radius 2 is 2.25 bits per heavy atom. The van der Waals surface area contributed by atoms with Crippen molar-refractivity contribution in [3.05, 3.63) is 0 Å². The summed E-state index contributed by atoms with van der Waals surface area (Å²) in [6, 6.07) is 0.134. The fourth-order valence-electron chi connectivity index (χ4n) is 1.95. The summed E-state index contributed by atoms with van der Waals surface area (Å²) < 4.78 is 0. The first kappa shape index (κ1) is 12.8. The maximum Gasteiger partial charge on any atom is 0.317 e. The molecule has 1 aliphatic rings. The van der Waals surface area contributed by atoms with Crippen LogP contribution in [-0.2, 0) is 4.79 Å². The highest BCUT2D eigenvalue weighted by molar-refractivity contribution is 5.76. The molecule has 1 rings (SSSR count). The Bertz CT molecular complexity index is 268. The van der Waals surface area contributed by atoms with E-state index in [-0.39, 0.29) is 18.6 Å². The van der Waals surface area contributed by atoms with Gasteiger partial charge in [0.25, 0.3) is 0 Å². The molecular formula is C11H20N2O3. The molecule has 0 aromatic carbocycles. The van der Waals surface area contributed by atoms with Gasteiger partial charge in [-0.05, 0) is 26.2 Å². The van der Waals surface area contributed by atoms with E-state index in [1.807, 2.05) is 13.8 Å². The lowest BCUT2D eigenvalue weighted by Crippen LogP contribution is -2.44. The molecule has 0 radical (unpaired) electrons. The zero-order chi connectivity index (χ0) is 12.1. The van der Waals surface area contributed by atoms with Crippen LogP contribution < -0.4 is 5.32 Å². The molecule has 2 unspecified atom stereocenters. The normalized spacial score (nSPS) is 21.9. The number of amides is 2. The second-order valence-corrected chi connectivity index (χ2v) is 4.31. The Morgan fingerprint density at radius 1 is 1.56 bits per heavy atom. The summed E-state index contributed by atoms with van der Waals surface area (Å²) in [4.78, 5) is 24.3. The van der Waals surface area contributed by atoms with Crippen molar-refractivity contribution >= 4 is 12.0 Å². The molecule has 2 atom stereocenters. The number of carboxylic acids is 1. The van der Waals surface area contributed by atoms with Gasteiger partial charge in [0.1, 0.15) is 0 Å². The monoisotopic (exact) mass is 228 g/mol. The van der Waals surface area contributed by atoms with Gasteiger partial charge in [0.05, 0.1) is 5.92 Å². The standard InChI is InChI=1S/C11H20N2O3/c1-3-9(10(14)15)7-12-11(16)13-6-4-5-8(13)2/h8-9H,3-7H2,1-2H3,(H,12,16)(H,14,15). The number of carbonyl (C=O) groups excluding carboxylic acids is 1. The highest BCUT2D eigenvalue weighted by Crippen LogP contribution is 2.16. The maximum absolute atomic E-state index is 11.7. The average Bonchev–Trinajstić information content (AvgIpc) is 2.64. The van der Waals surface area contributed by atoms with Crippen molar-refractivity contribution in [1.82, 2.24) is 10.2 Å². The maximum atomic E-state index is 11.7. The van der Waals surface area contributed by atoms with E-state index in [9.17, 15) is 9.59 Å². The third-order valence-corrected chi connectivity index (χ3v) is 3.16. The summed E-state index contributed by atoms with van der Waals surface area (Å²) in [6.07, 6.45) is 2.60. The van der Waals surface area contributed by atoms with Crippen molar-refractivity contribution in [2.75, 3.05) is 13.1 Å². The van der Waals surface area contributed by atoms with Crippen LogP contribution in [-0.4, -0.2) is 41.1 Å². The topological polar surface area (TPSA) is 69.6 Å². The number of nitrogens with one attached hydrogen (secondary N) is 1. The summed E-state index contributed by atoms with van der Waals surface area (Å²) in [5.74, 6) is -1.33. The van der Waals surface area contributed by atoms with Crippen molar-refractivity contribution in [1.29, 1.82) is 0 Å². The number of aliphatic carboxylic acids is 1. The molecule has 92 valence electrons. The Balaban J connectivity index is 2.37. The molecule has 0 spiro atoms. The van der Waals surface area contributed by atoms with Gasteiger partial charge in [0.2, 0.25) is 0 Å². The number of rotatable bonds is 4. The van der Waals surface area contributed by atoms with E-state index in [0.29, 0.717) is 6.42 Å². The fraction of sp³-hybridized carbons (Fsp3) is 0.818. The van der Waals surface area contributed by atoms with E-state index < -0.39 is 11.9 Å². The van der Waals surface area contributed by atoms with Crippen molar-refractivity contribution < 1.29 is 14.7 Å². The molecule has 0 bridgehead atoms. The number of carbonyl (C=O) groups is 2. The summed E-state index contributed by atoms with van der Waals surface area (Å²) in [5, 5.41) is 11.5. The van der Waals surface area contributed by atoms with Crippen LogP contribution in [0.1, 0.15) is 33.1 Å². The molecule has 5 heteroatoms. The van der Waals surface area contributed by atoms with Crippen molar-refractivity contribution in [3.8, 4) is 0 Å². The summed E-state index contributed by atoms with van der Waals surface area (Å²) in [7, 11) is 0. The SMILES string of the molecule is CCC(CNC(=O)N1CCCC1C)C(=O)O. The van der Waals surface area contributed by atoms with Gasteiger partial charge in [-0.3, -0.25) is 4.79 Å². The third-order valence-electron chi connectivity index (χ3n) is 3.16. The zero-order valence-corrected chi connectivity index (χ0v) is 9.90. The van der Waals surface area contributed by atoms with Gasteiger partial charge in [0.15, 0.2) is 0 Å². The third kappa shape index (κ3) is 3.12. The number of urea groups is 1. The second-order valence-electron chi connectivity index (χ2n) is 4.31.